The molecule has 126 valence electrons. The van der Waals surface area contributed by atoms with Crippen molar-refractivity contribution in [2.75, 3.05) is 16.8 Å². The van der Waals surface area contributed by atoms with E-state index in [1.165, 1.54) is 18.2 Å². The summed E-state index contributed by atoms with van der Waals surface area (Å²) in [5.74, 6) is 0.166. The number of urea groups is 1. The van der Waals surface area contributed by atoms with Gasteiger partial charge in [0.15, 0.2) is 0 Å². The maximum absolute atomic E-state index is 13.3. The van der Waals surface area contributed by atoms with E-state index < -0.39 is 5.82 Å². The van der Waals surface area contributed by atoms with E-state index in [0.717, 1.165) is 17.7 Å². The number of rotatable bonds is 2. The number of fused-ring (bicyclic) bond motifs is 1. The minimum atomic E-state index is -0.520. The van der Waals surface area contributed by atoms with E-state index in [-0.39, 0.29) is 17.2 Å². The molecule has 4 nitrogen and oxygen atoms in total. The number of hydrogen-bond donors (Lipinski definition) is 1. The van der Waals surface area contributed by atoms with Gasteiger partial charge in [0.05, 0.1) is 17.3 Å². The van der Waals surface area contributed by atoms with Crippen LogP contribution in [0, 0.1) is 12.7 Å². The Balaban J connectivity index is 1.88. The van der Waals surface area contributed by atoms with Crippen molar-refractivity contribution in [2.24, 2.45) is 0 Å². The number of nitrogens with one attached hydrogen (secondary N) is 1. The Bertz CT molecular complexity index is 782. The smallest absolute Gasteiger partial charge is 0.326 e. The van der Waals surface area contributed by atoms with Crippen LogP contribution < -0.4 is 15.0 Å². The summed E-state index contributed by atoms with van der Waals surface area (Å²) in [6.07, 6.45) is 0.724. The van der Waals surface area contributed by atoms with Crippen LogP contribution >= 0.6 is 11.6 Å². The van der Waals surface area contributed by atoms with Crippen molar-refractivity contribution in [3.8, 4) is 5.75 Å². The molecule has 0 aliphatic carbocycles. The monoisotopic (exact) mass is 348 g/mol. The summed E-state index contributed by atoms with van der Waals surface area (Å²) in [5, 5.41) is 2.73. The molecule has 0 fully saturated rings. The SMILES string of the molecule is CC[C@@H]1CN(C(=O)Nc2ccc(F)c(Cl)c2)c2cc(C)ccc2O1. The number of halogens is 2. The minimum Gasteiger partial charge on any atom is -0.486 e. The van der Waals surface area contributed by atoms with Crippen molar-refractivity contribution < 1.29 is 13.9 Å². The first-order valence-corrected chi connectivity index (χ1v) is 8.16. The van der Waals surface area contributed by atoms with E-state index in [1.54, 1.807) is 4.90 Å². The molecule has 6 heteroatoms. The van der Waals surface area contributed by atoms with Gasteiger partial charge in [0.25, 0.3) is 0 Å². The lowest BCUT2D eigenvalue weighted by Gasteiger charge is -2.34. The Kier molecular flexibility index (Phi) is 4.62. The highest BCUT2D eigenvalue weighted by atomic mass is 35.5. The minimum absolute atomic E-state index is 0.0301. The van der Waals surface area contributed by atoms with E-state index in [4.69, 9.17) is 16.3 Å². The second-order valence-corrected chi connectivity index (χ2v) is 6.20. The maximum Gasteiger partial charge on any atom is 0.326 e. The molecule has 2 aromatic rings. The van der Waals surface area contributed by atoms with Crippen LogP contribution in [0.3, 0.4) is 0 Å². The molecule has 0 bridgehead atoms. The molecule has 0 unspecified atom stereocenters. The number of ether oxygens (including phenoxy) is 1. The molecule has 24 heavy (non-hydrogen) atoms. The summed E-state index contributed by atoms with van der Waals surface area (Å²) in [5.41, 5.74) is 2.21. The molecule has 3 rings (SSSR count). The summed E-state index contributed by atoms with van der Waals surface area (Å²) in [7, 11) is 0. The topological polar surface area (TPSA) is 41.6 Å². The zero-order valence-corrected chi connectivity index (χ0v) is 14.2. The van der Waals surface area contributed by atoms with Crippen molar-refractivity contribution >= 4 is 29.0 Å². The summed E-state index contributed by atoms with van der Waals surface area (Å²) < 4.78 is 19.2. The number of carbonyl (C=O) groups excluding carboxylic acids is 1. The summed E-state index contributed by atoms with van der Waals surface area (Å²) in [4.78, 5) is 14.4. The van der Waals surface area contributed by atoms with Crippen molar-refractivity contribution in [1.29, 1.82) is 0 Å². The third-order valence-electron chi connectivity index (χ3n) is 3.96. The fourth-order valence-corrected chi connectivity index (χ4v) is 2.81. The van der Waals surface area contributed by atoms with E-state index in [1.807, 2.05) is 32.0 Å². The number of nitrogens with zero attached hydrogens (tertiary/aromatic N) is 1. The second kappa shape index (κ2) is 6.69. The summed E-state index contributed by atoms with van der Waals surface area (Å²) in [6.45, 7) is 4.43. The normalized spacial score (nSPS) is 16.3. The number of benzene rings is 2. The van der Waals surface area contributed by atoms with Gasteiger partial charge in [0, 0.05) is 5.69 Å². The van der Waals surface area contributed by atoms with Crippen molar-refractivity contribution in [1.82, 2.24) is 0 Å². The predicted octanol–water partition coefficient (Wildman–Crippen LogP) is 5.00. The molecule has 1 N–H and O–H groups in total. The molecule has 1 atom stereocenters. The fourth-order valence-electron chi connectivity index (χ4n) is 2.63. The standard InChI is InChI=1S/C18H18ClFN2O2/c1-3-13-10-22(16-8-11(2)4-7-17(16)24-13)18(23)21-12-5-6-15(20)14(19)9-12/h4-9,13H,3,10H2,1-2H3,(H,21,23)/t13-/m1/s1. The van der Waals surface area contributed by atoms with E-state index in [0.29, 0.717) is 18.0 Å². The average Bonchev–Trinajstić information content (AvgIpc) is 2.57. The van der Waals surface area contributed by atoms with Gasteiger partial charge in [0.1, 0.15) is 17.7 Å². The first-order chi connectivity index (χ1) is 11.5. The van der Waals surface area contributed by atoms with Gasteiger partial charge in [-0.1, -0.05) is 24.6 Å². The molecular formula is C18H18ClFN2O2. The Labute approximate surface area is 145 Å². The molecule has 0 saturated heterocycles. The second-order valence-electron chi connectivity index (χ2n) is 5.79. The number of amides is 2. The highest BCUT2D eigenvalue weighted by Gasteiger charge is 2.29. The number of aryl methyl sites for hydroxylation is 1. The first kappa shape index (κ1) is 16.6. The molecule has 2 amide bonds. The van der Waals surface area contributed by atoms with Crippen LogP contribution in [-0.4, -0.2) is 18.7 Å². The van der Waals surface area contributed by atoms with Crippen LogP contribution in [-0.2, 0) is 0 Å². The van der Waals surface area contributed by atoms with Crippen LogP contribution in [0.1, 0.15) is 18.9 Å². The largest absolute Gasteiger partial charge is 0.486 e. The van der Waals surface area contributed by atoms with Gasteiger partial charge < -0.3 is 10.1 Å². The van der Waals surface area contributed by atoms with Crippen LogP contribution in [0.15, 0.2) is 36.4 Å². The van der Waals surface area contributed by atoms with Gasteiger partial charge in [-0.15, -0.1) is 0 Å². The highest BCUT2D eigenvalue weighted by molar-refractivity contribution is 6.31. The highest BCUT2D eigenvalue weighted by Crippen LogP contribution is 2.35. The molecular weight excluding hydrogens is 331 g/mol. The Morgan fingerprint density at radius 1 is 1.38 bits per heavy atom. The predicted molar refractivity (Wildman–Crippen MR) is 93.7 cm³/mol. The third kappa shape index (κ3) is 3.31. The van der Waals surface area contributed by atoms with Crippen LogP contribution in [0.4, 0.5) is 20.6 Å². The van der Waals surface area contributed by atoms with Crippen molar-refractivity contribution in [2.45, 2.75) is 26.4 Å². The third-order valence-corrected chi connectivity index (χ3v) is 4.25. The molecule has 0 spiro atoms. The van der Waals surface area contributed by atoms with Crippen LogP contribution in [0.25, 0.3) is 0 Å². The van der Waals surface area contributed by atoms with Gasteiger partial charge >= 0.3 is 6.03 Å². The van der Waals surface area contributed by atoms with Crippen LogP contribution in [0.5, 0.6) is 5.75 Å². The fraction of sp³-hybridized carbons (Fsp3) is 0.278. The van der Waals surface area contributed by atoms with Gasteiger partial charge in [-0.25, -0.2) is 9.18 Å². The molecule has 1 aliphatic rings. The molecule has 0 saturated carbocycles. The summed E-state index contributed by atoms with van der Waals surface area (Å²) >= 11 is 5.77. The van der Waals surface area contributed by atoms with Crippen LogP contribution in [0.2, 0.25) is 5.02 Å². The van der Waals surface area contributed by atoms with E-state index in [2.05, 4.69) is 5.32 Å². The number of carbonyl (C=O) groups is 1. The van der Waals surface area contributed by atoms with E-state index in [9.17, 15) is 9.18 Å². The Morgan fingerprint density at radius 3 is 2.88 bits per heavy atom. The average molecular weight is 349 g/mol. The quantitative estimate of drug-likeness (QED) is 0.830. The lowest BCUT2D eigenvalue weighted by molar-refractivity contribution is 0.188. The van der Waals surface area contributed by atoms with Crippen molar-refractivity contribution in [3.63, 3.8) is 0 Å². The lowest BCUT2D eigenvalue weighted by atomic mass is 10.1. The molecule has 1 heterocycles. The molecule has 0 radical (unpaired) electrons. The zero-order valence-electron chi connectivity index (χ0n) is 13.5. The zero-order chi connectivity index (χ0) is 17.3. The molecule has 1 aliphatic heterocycles. The van der Waals surface area contributed by atoms with Gasteiger partial charge in [-0.3, -0.25) is 4.90 Å². The van der Waals surface area contributed by atoms with E-state index >= 15 is 0 Å². The Hall–Kier alpha value is -2.27. The first-order valence-electron chi connectivity index (χ1n) is 7.79. The van der Waals surface area contributed by atoms with Crippen molar-refractivity contribution in [3.05, 3.63) is 52.8 Å². The number of hydrogen-bond acceptors (Lipinski definition) is 2. The number of anilines is 2. The van der Waals surface area contributed by atoms with Gasteiger partial charge in [0.2, 0.25) is 0 Å². The van der Waals surface area contributed by atoms with Gasteiger partial charge in [-0.2, -0.15) is 0 Å². The Morgan fingerprint density at radius 2 is 2.17 bits per heavy atom. The van der Waals surface area contributed by atoms with Gasteiger partial charge in [-0.05, 0) is 49.2 Å². The summed E-state index contributed by atoms with van der Waals surface area (Å²) in [6, 6.07) is 9.54. The molecule has 2 aromatic carbocycles. The maximum atomic E-state index is 13.3. The lowest BCUT2D eigenvalue weighted by Crippen LogP contribution is -2.45. The molecule has 0 aromatic heterocycles.